The topological polar surface area (TPSA) is 83.3 Å². The Morgan fingerprint density at radius 1 is 1.30 bits per heavy atom. The first kappa shape index (κ1) is 18.4. The molecule has 3 heterocycles. The summed E-state index contributed by atoms with van der Waals surface area (Å²) in [5.74, 6) is 1.56. The van der Waals surface area contributed by atoms with Gasteiger partial charge < -0.3 is 16.0 Å². The third kappa shape index (κ3) is 3.66. The molecule has 0 radical (unpaired) electrons. The number of hydrogen-bond donors (Lipinski definition) is 3. The van der Waals surface area contributed by atoms with Gasteiger partial charge in [-0.2, -0.15) is 9.61 Å². The Bertz CT molecular complexity index is 1160. The van der Waals surface area contributed by atoms with E-state index < -0.39 is 0 Å². The number of carbonyl (C=O) groups excluding carboxylic acids is 1. The number of hydrogen-bond acceptors (Lipinski definition) is 5. The third-order valence-corrected chi connectivity index (χ3v) is 5.41. The number of allylic oxidation sites excluding steroid dienone is 1. The van der Waals surface area contributed by atoms with E-state index in [0.717, 1.165) is 30.0 Å². The van der Waals surface area contributed by atoms with E-state index in [1.54, 1.807) is 6.20 Å². The summed E-state index contributed by atoms with van der Waals surface area (Å²) in [4.78, 5) is 17.0. The fourth-order valence-electron chi connectivity index (χ4n) is 3.64. The van der Waals surface area contributed by atoms with E-state index in [0.29, 0.717) is 29.4 Å². The average Bonchev–Trinajstić information content (AvgIpc) is 3.37. The lowest BCUT2D eigenvalue weighted by atomic mass is 10.1. The van der Waals surface area contributed by atoms with Crippen LogP contribution in [0, 0.1) is 0 Å². The fraction of sp³-hybridized carbons (Fsp3) is 0.261. The fourth-order valence-corrected chi connectivity index (χ4v) is 3.64. The van der Waals surface area contributed by atoms with Crippen LogP contribution in [0.25, 0.3) is 11.7 Å². The second-order valence-electron chi connectivity index (χ2n) is 7.96. The average molecular weight is 400 g/mol. The summed E-state index contributed by atoms with van der Waals surface area (Å²) in [6.45, 7) is 5.96. The maximum absolute atomic E-state index is 12.1. The first-order chi connectivity index (χ1) is 14.6. The van der Waals surface area contributed by atoms with Gasteiger partial charge in [-0.3, -0.25) is 4.79 Å². The van der Waals surface area contributed by atoms with Crippen molar-refractivity contribution in [2.45, 2.75) is 38.3 Å². The van der Waals surface area contributed by atoms with Crippen LogP contribution in [-0.2, 0) is 4.79 Å². The van der Waals surface area contributed by atoms with Crippen molar-refractivity contribution in [2.75, 3.05) is 10.6 Å². The first-order valence-corrected chi connectivity index (χ1v) is 10.2. The molecule has 2 fully saturated rings. The number of benzene rings is 1. The summed E-state index contributed by atoms with van der Waals surface area (Å²) in [7, 11) is 0. The zero-order valence-electron chi connectivity index (χ0n) is 16.9. The van der Waals surface area contributed by atoms with Gasteiger partial charge in [0, 0.05) is 41.4 Å². The maximum atomic E-state index is 12.1. The predicted molar refractivity (Wildman–Crippen MR) is 118 cm³/mol. The zero-order valence-corrected chi connectivity index (χ0v) is 16.9. The van der Waals surface area contributed by atoms with Gasteiger partial charge in [-0.25, -0.2) is 4.98 Å². The number of fused-ring (bicyclic) bond motifs is 1. The lowest BCUT2D eigenvalue weighted by Gasteiger charge is -2.17. The van der Waals surface area contributed by atoms with E-state index in [4.69, 9.17) is 4.98 Å². The van der Waals surface area contributed by atoms with Crippen LogP contribution >= 0.6 is 0 Å². The number of anilines is 2. The highest BCUT2D eigenvalue weighted by atomic mass is 16.2. The van der Waals surface area contributed by atoms with Gasteiger partial charge in [0.2, 0.25) is 0 Å². The monoisotopic (exact) mass is 400 g/mol. The molecule has 152 valence electrons. The summed E-state index contributed by atoms with van der Waals surface area (Å²) in [5, 5.41) is 14.3. The molecule has 1 saturated heterocycles. The molecule has 2 aromatic heterocycles. The highest BCUT2D eigenvalue weighted by molar-refractivity contribution is 6.02. The van der Waals surface area contributed by atoms with Crippen molar-refractivity contribution in [3.8, 4) is 0 Å². The second kappa shape index (κ2) is 7.33. The van der Waals surface area contributed by atoms with Crippen LogP contribution in [0.2, 0.25) is 0 Å². The molecule has 0 spiro atoms. The van der Waals surface area contributed by atoms with Crippen LogP contribution in [0.5, 0.6) is 0 Å². The molecule has 3 N–H and O–H groups in total. The van der Waals surface area contributed by atoms with E-state index in [1.807, 2.05) is 34.9 Å². The largest absolute Gasteiger partial charge is 0.367 e. The van der Waals surface area contributed by atoms with E-state index in [9.17, 15) is 4.79 Å². The smallest absolute Gasteiger partial charge is 0.251 e. The first-order valence-electron chi connectivity index (χ1n) is 10.2. The van der Waals surface area contributed by atoms with E-state index in [-0.39, 0.29) is 11.9 Å². The lowest BCUT2D eigenvalue weighted by molar-refractivity contribution is -0.115. The highest BCUT2D eigenvalue weighted by Crippen LogP contribution is 2.29. The molecular weight excluding hydrogens is 376 g/mol. The normalized spacial score (nSPS) is 18.6. The third-order valence-electron chi connectivity index (χ3n) is 5.41. The van der Waals surface area contributed by atoms with E-state index in [2.05, 4.69) is 46.7 Å². The summed E-state index contributed by atoms with van der Waals surface area (Å²) in [5.41, 5.74) is 4.09. The number of rotatable bonds is 6. The molecular formula is C23H24N6O. The van der Waals surface area contributed by atoms with Crippen molar-refractivity contribution in [3.05, 3.63) is 71.6 Å². The molecule has 7 heteroatoms. The van der Waals surface area contributed by atoms with E-state index >= 15 is 0 Å². The van der Waals surface area contributed by atoms with Crippen molar-refractivity contribution in [1.29, 1.82) is 0 Å². The van der Waals surface area contributed by atoms with Crippen LogP contribution in [0.1, 0.15) is 43.4 Å². The van der Waals surface area contributed by atoms with Gasteiger partial charge in [0.25, 0.3) is 5.91 Å². The molecule has 1 aliphatic heterocycles. The number of nitrogens with one attached hydrogen (secondary N) is 3. The summed E-state index contributed by atoms with van der Waals surface area (Å²) in [6, 6.07) is 12.8. The van der Waals surface area contributed by atoms with Gasteiger partial charge in [-0.1, -0.05) is 36.9 Å². The van der Waals surface area contributed by atoms with Gasteiger partial charge in [0.1, 0.15) is 11.6 Å². The van der Waals surface area contributed by atoms with Crippen LogP contribution in [0.3, 0.4) is 0 Å². The molecule has 1 amide bonds. The molecule has 1 aliphatic carbocycles. The van der Waals surface area contributed by atoms with Crippen LogP contribution < -0.4 is 16.0 Å². The molecule has 1 aromatic carbocycles. The summed E-state index contributed by atoms with van der Waals surface area (Å²) in [6.07, 6.45) is 6.45. The number of aromatic nitrogens is 3. The molecule has 0 unspecified atom stereocenters. The second-order valence-corrected chi connectivity index (χ2v) is 7.96. The Kier molecular flexibility index (Phi) is 4.50. The molecule has 7 nitrogen and oxygen atoms in total. The quantitative estimate of drug-likeness (QED) is 0.547. The molecule has 2 aliphatic rings. The minimum atomic E-state index is -0.109. The molecule has 1 saturated carbocycles. The molecule has 5 rings (SSSR count). The van der Waals surface area contributed by atoms with Gasteiger partial charge in [-0.05, 0) is 31.4 Å². The van der Waals surface area contributed by atoms with Crippen molar-refractivity contribution >= 4 is 29.3 Å². The molecule has 3 aromatic rings. The summed E-state index contributed by atoms with van der Waals surface area (Å²) < 4.78 is 1.81. The molecule has 1 atom stereocenters. The minimum absolute atomic E-state index is 0.101. The molecule has 30 heavy (non-hydrogen) atoms. The van der Waals surface area contributed by atoms with Gasteiger partial charge in [0.05, 0.1) is 6.20 Å². The van der Waals surface area contributed by atoms with Crippen molar-refractivity contribution in [3.63, 3.8) is 0 Å². The Hall–Kier alpha value is -3.61. The minimum Gasteiger partial charge on any atom is -0.367 e. The van der Waals surface area contributed by atoms with Crippen molar-refractivity contribution in [1.82, 2.24) is 19.9 Å². The van der Waals surface area contributed by atoms with Crippen LogP contribution in [0.4, 0.5) is 11.6 Å². The van der Waals surface area contributed by atoms with Crippen LogP contribution in [0.15, 0.2) is 60.4 Å². The number of nitrogens with zero attached hydrogens (tertiary/aromatic N) is 3. The number of amides is 1. The van der Waals surface area contributed by atoms with Crippen LogP contribution in [-0.4, -0.2) is 26.5 Å². The number of carbonyl (C=O) groups is 1. The Morgan fingerprint density at radius 2 is 2.10 bits per heavy atom. The predicted octanol–water partition coefficient (Wildman–Crippen LogP) is 3.89. The highest BCUT2D eigenvalue weighted by Gasteiger charge is 2.24. The molecule has 0 bridgehead atoms. The Balaban J connectivity index is 1.53. The summed E-state index contributed by atoms with van der Waals surface area (Å²) >= 11 is 0. The standard InChI is InChI=1S/C23H24N6O/c1-14-10-17(23(30)25-14)11-18-13-24-29-21(27-19-8-9-19)12-20(28-22(18)29)26-15(2)16-6-4-3-5-7-16/h3-7,11-13,15,19,27H,1,8-10H2,2H3,(H,25,30)(H,26,28)/b17-11+/t15-/m0/s1. The van der Waals surface area contributed by atoms with Crippen molar-refractivity contribution in [2.24, 2.45) is 0 Å². The lowest BCUT2D eigenvalue weighted by Crippen LogP contribution is -2.13. The Labute approximate surface area is 174 Å². The zero-order chi connectivity index (χ0) is 20.7. The van der Waals surface area contributed by atoms with Crippen molar-refractivity contribution < 1.29 is 4.79 Å². The van der Waals surface area contributed by atoms with E-state index in [1.165, 1.54) is 5.56 Å². The van der Waals surface area contributed by atoms with Gasteiger partial charge in [0.15, 0.2) is 5.65 Å². The Morgan fingerprint density at radius 3 is 2.80 bits per heavy atom. The van der Waals surface area contributed by atoms with Gasteiger partial charge >= 0.3 is 0 Å². The maximum Gasteiger partial charge on any atom is 0.251 e. The SMILES string of the molecule is C=C1C/C(=C\c2cnn3c(NC4CC4)cc(N[C@@H](C)c4ccccc4)nc23)C(=O)N1. The van der Waals surface area contributed by atoms with Gasteiger partial charge in [-0.15, -0.1) is 0 Å².